The molecule has 0 heterocycles. The molecule has 0 aliphatic rings. The zero-order chi connectivity index (χ0) is 14.1. The van der Waals surface area contributed by atoms with Gasteiger partial charge in [-0.15, -0.1) is 12.4 Å². The lowest BCUT2D eigenvalue weighted by atomic mass is 10.3. The fourth-order valence-electron chi connectivity index (χ4n) is 1.49. The van der Waals surface area contributed by atoms with Crippen LogP contribution in [-0.2, 0) is 4.79 Å². The van der Waals surface area contributed by atoms with E-state index >= 15 is 0 Å². The molecular weight excluding hydrogens is 344 g/mol. The quantitative estimate of drug-likeness (QED) is 0.697. The molecule has 1 aromatic rings. The maximum Gasteiger partial charge on any atom is 0.260 e. The Labute approximate surface area is 135 Å². The number of halogens is 2. The van der Waals surface area contributed by atoms with Gasteiger partial charge in [-0.25, -0.2) is 0 Å². The Morgan fingerprint density at radius 3 is 2.50 bits per heavy atom. The summed E-state index contributed by atoms with van der Waals surface area (Å²) in [6, 6.07) is 7.43. The molecule has 0 saturated heterocycles. The Bertz CT molecular complexity index is 387. The van der Waals surface area contributed by atoms with Crippen LogP contribution in [-0.4, -0.2) is 31.6 Å². The Hall–Kier alpha value is -0.780. The summed E-state index contributed by atoms with van der Waals surface area (Å²) in [6.07, 6.45) is 0.601. The molecule has 1 aromatic carbocycles. The third-order valence-corrected chi connectivity index (χ3v) is 3.05. The van der Waals surface area contributed by atoms with Crippen LogP contribution in [0.4, 0.5) is 0 Å². The summed E-state index contributed by atoms with van der Waals surface area (Å²) in [5.74, 6) is 0.594. The standard InChI is InChI=1S/C14H21BrN2O2.ClH/c1-3-8-16-9-10-17-14(18)11(2)19-13-6-4-12(15)5-7-13;/h4-7,11,16H,3,8-10H2,1-2H3,(H,17,18);1H. The average Bonchev–Trinajstić information content (AvgIpc) is 2.41. The third kappa shape index (κ3) is 7.72. The minimum Gasteiger partial charge on any atom is -0.481 e. The molecule has 2 N–H and O–H groups in total. The molecule has 20 heavy (non-hydrogen) atoms. The minimum atomic E-state index is -0.493. The fraction of sp³-hybridized carbons (Fsp3) is 0.500. The normalized spacial score (nSPS) is 11.3. The molecule has 1 rings (SSSR count). The number of nitrogens with one attached hydrogen (secondary N) is 2. The van der Waals surface area contributed by atoms with Crippen LogP contribution in [0.3, 0.4) is 0 Å². The van der Waals surface area contributed by atoms with E-state index in [9.17, 15) is 4.79 Å². The highest BCUT2D eigenvalue weighted by Gasteiger charge is 2.13. The van der Waals surface area contributed by atoms with Gasteiger partial charge in [0.05, 0.1) is 0 Å². The highest BCUT2D eigenvalue weighted by atomic mass is 79.9. The SMILES string of the molecule is CCCNCCNC(=O)C(C)Oc1ccc(Br)cc1.Cl. The van der Waals surface area contributed by atoms with E-state index in [1.165, 1.54) is 0 Å². The van der Waals surface area contributed by atoms with Crippen molar-refractivity contribution in [3.05, 3.63) is 28.7 Å². The molecule has 0 bridgehead atoms. The zero-order valence-electron chi connectivity index (χ0n) is 11.8. The van der Waals surface area contributed by atoms with Crippen LogP contribution in [0.5, 0.6) is 5.75 Å². The molecular formula is C14H22BrClN2O2. The number of carbonyl (C=O) groups excluding carboxylic acids is 1. The molecule has 1 atom stereocenters. The average molecular weight is 366 g/mol. The molecule has 1 amide bonds. The van der Waals surface area contributed by atoms with Crippen LogP contribution in [0.2, 0.25) is 0 Å². The molecule has 6 heteroatoms. The zero-order valence-corrected chi connectivity index (χ0v) is 14.2. The lowest BCUT2D eigenvalue weighted by molar-refractivity contribution is -0.127. The van der Waals surface area contributed by atoms with Gasteiger partial charge < -0.3 is 15.4 Å². The predicted octanol–water partition coefficient (Wildman–Crippen LogP) is 2.75. The summed E-state index contributed by atoms with van der Waals surface area (Å²) in [6.45, 7) is 6.23. The van der Waals surface area contributed by atoms with Crippen molar-refractivity contribution in [2.45, 2.75) is 26.4 Å². The molecule has 114 valence electrons. The van der Waals surface area contributed by atoms with E-state index in [0.717, 1.165) is 24.0 Å². The van der Waals surface area contributed by atoms with Crippen molar-refractivity contribution < 1.29 is 9.53 Å². The number of benzene rings is 1. The fourth-order valence-corrected chi connectivity index (χ4v) is 1.75. The Balaban J connectivity index is 0.00000361. The van der Waals surface area contributed by atoms with Crippen molar-refractivity contribution in [1.29, 1.82) is 0 Å². The number of hydrogen-bond donors (Lipinski definition) is 2. The molecule has 0 aromatic heterocycles. The van der Waals surface area contributed by atoms with Crippen LogP contribution in [0.1, 0.15) is 20.3 Å². The van der Waals surface area contributed by atoms with E-state index in [1.54, 1.807) is 6.92 Å². The second-order valence-corrected chi connectivity index (χ2v) is 5.17. The molecule has 1 unspecified atom stereocenters. The summed E-state index contributed by atoms with van der Waals surface area (Å²) in [7, 11) is 0. The molecule has 0 spiro atoms. The van der Waals surface area contributed by atoms with E-state index in [2.05, 4.69) is 33.5 Å². The van der Waals surface area contributed by atoms with E-state index in [0.29, 0.717) is 12.3 Å². The highest BCUT2D eigenvalue weighted by Crippen LogP contribution is 2.17. The van der Waals surface area contributed by atoms with Gasteiger partial charge in [0.15, 0.2) is 6.10 Å². The molecule has 4 nitrogen and oxygen atoms in total. The Kier molecular flexibility index (Phi) is 10.5. The first-order valence-electron chi connectivity index (χ1n) is 6.54. The van der Waals surface area contributed by atoms with Crippen molar-refractivity contribution in [1.82, 2.24) is 10.6 Å². The monoisotopic (exact) mass is 364 g/mol. The second-order valence-electron chi connectivity index (χ2n) is 4.26. The molecule has 0 radical (unpaired) electrons. The third-order valence-electron chi connectivity index (χ3n) is 2.52. The Morgan fingerprint density at radius 2 is 1.90 bits per heavy atom. The van der Waals surface area contributed by atoms with Crippen molar-refractivity contribution >= 4 is 34.2 Å². The molecule has 0 saturated carbocycles. The van der Waals surface area contributed by atoms with Crippen LogP contribution in [0.25, 0.3) is 0 Å². The van der Waals surface area contributed by atoms with E-state index in [4.69, 9.17) is 4.74 Å². The first-order chi connectivity index (χ1) is 9.13. The molecule has 0 aliphatic heterocycles. The van der Waals surface area contributed by atoms with Crippen molar-refractivity contribution in [3.8, 4) is 5.75 Å². The van der Waals surface area contributed by atoms with Gasteiger partial charge >= 0.3 is 0 Å². The maximum atomic E-state index is 11.8. The second kappa shape index (κ2) is 10.9. The number of carbonyl (C=O) groups is 1. The smallest absolute Gasteiger partial charge is 0.260 e. The molecule has 0 fully saturated rings. The van der Waals surface area contributed by atoms with Crippen LogP contribution < -0.4 is 15.4 Å². The molecule has 0 aliphatic carbocycles. The van der Waals surface area contributed by atoms with Crippen LogP contribution in [0.15, 0.2) is 28.7 Å². The van der Waals surface area contributed by atoms with Gasteiger partial charge in [-0.3, -0.25) is 4.79 Å². The number of amides is 1. The summed E-state index contributed by atoms with van der Waals surface area (Å²) >= 11 is 3.35. The van der Waals surface area contributed by atoms with Gasteiger partial charge in [0.1, 0.15) is 5.75 Å². The Morgan fingerprint density at radius 1 is 1.25 bits per heavy atom. The van der Waals surface area contributed by atoms with Gasteiger partial charge in [-0.05, 0) is 44.2 Å². The van der Waals surface area contributed by atoms with Gasteiger partial charge in [0.25, 0.3) is 5.91 Å². The first-order valence-corrected chi connectivity index (χ1v) is 7.33. The van der Waals surface area contributed by atoms with Crippen LogP contribution in [0, 0.1) is 0 Å². The summed E-state index contributed by atoms with van der Waals surface area (Å²) in [5.41, 5.74) is 0. The lowest BCUT2D eigenvalue weighted by Gasteiger charge is -2.14. The van der Waals surface area contributed by atoms with E-state index in [1.807, 2.05) is 24.3 Å². The van der Waals surface area contributed by atoms with Crippen molar-refractivity contribution in [3.63, 3.8) is 0 Å². The largest absolute Gasteiger partial charge is 0.481 e. The summed E-state index contributed by atoms with van der Waals surface area (Å²) in [4.78, 5) is 11.8. The topological polar surface area (TPSA) is 50.4 Å². The maximum absolute atomic E-state index is 11.8. The van der Waals surface area contributed by atoms with Crippen molar-refractivity contribution in [2.75, 3.05) is 19.6 Å². The van der Waals surface area contributed by atoms with Gasteiger partial charge in [-0.1, -0.05) is 22.9 Å². The van der Waals surface area contributed by atoms with Gasteiger partial charge in [0, 0.05) is 17.6 Å². The summed E-state index contributed by atoms with van der Waals surface area (Å²) < 4.78 is 6.54. The summed E-state index contributed by atoms with van der Waals surface area (Å²) in [5, 5.41) is 6.06. The van der Waals surface area contributed by atoms with Gasteiger partial charge in [0.2, 0.25) is 0 Å². The van der Waals surface area contributed by atoms with Gasteiger partial charge in [-0.2, -0.15) is 0 Å². The van der Waals surface area contributed by atoms with Crippen molar-refractivity contribution in [2.24, 2.45) is 0 Å². The first kappa shape index (κ1) is 19.2. The van der Waals surface area contributed by atoms with Crippen LogP contribution >= 0.6 is 28.3 Å². The number of hydrogen-bond acceptors (Lipinski definition) is 3. The lowest BCUT2D eigenvalue weighted by Crippen LogP contribution is -2.39. The number of ether oxygens (including phenoxy) is 1. The van der Waals surface area contributed by atoms with E-state index < -0.39 is 6.10 Å². The highest BCUT2D eigenvalue weighted by molar-refractivity contribution is 9.10. The predicted molar refractivity (Wildman–Crippen MR) is 87.7 cm³/mol. The minimum absolute atomic E-state index is 0. The van der Waals surface area contributed by atoms with E-state index in [-0.39, 0.29) is 18.3 Å². The number of rotatable bonds is 8.